The van der Waals surface area contributed by atoms with E-state index in [0.29, 0.717) is 23.6 Å². The number of carbonyl (C=O) groups is 1. The molecule has 0 radical (unpaired) electrons. The highest BCUT2D eigenvalue weighted by Gasteiger charge is 2.09. The van der Waals surface area contributed by atoms with Gasteiger partial charge in [0.25, 0.3) is 0 Å². The van der Waals surface area contributed by atoms with Crippen molar-refractivity contribution < 1.29 is 9.32 Å². The van der Waals surface area contributed by atoms with Gasteiger partial charge in [-0.3, -0.25) is 9.51 Å². The quantitative estimate of drug-likeness (QED) is 0.666. The summed E-state index contributed by atoms with van der Waals surface area (Å²) in [4.78, 5) is 25.6. The molecule has 2 amide bonds. The van der Waals surface area contributed by atoms with Crippen LogP contribution in [0.15, 0.2) is 63.9 Å². The molecule has 1 aromatic heterocycles. The molecule has 0 bridgehead atoms. The van der Waals surface area contributed by atoms with Crippen LogP contribution in [0.3, 0.4) is 0 Å². The lowest BCUT2D eigenvalue weighted by Gasteiger charge is -2.14. The number of benzene rings is 2. The van der Waals surface area contributed by atoms with Crippen LogP contribution in [-0.4, -0.2) is 22.7 Å². The highest BCUT2D eigenvalue weighted by atomic mass is 16.5. The topological polar surface area (TPSA) is 100 Å². The third kappa shape index (κ3) is 4.35. The molecule has 0 unspecified atom stereocenters. The van der Waals surface area contributed by atoms with Crippen LogP contribution in [0.2, 0.25) is 0 Å². The molecule has 3 rings (SSSR count). The van der Waals surface area contributed by atoms with Gasteiger partial charge >= 0.3 is 11.8 Å². The number of aromatic nitrogens is 2. The van der Waals surface area contributed by atoms with Crippen LogP contribution in [-0.2, 0) is 0 Å². The van der Waals surface area contributed by atoms with Crippen molar-refractivity contribution in [3.05, 3.63) is 70.7 Å². The normalized spacial score (nSPS) is 11.7. The second kappa shape index (κ2) is 7.48. The maximum absolute atomic E-state index is 12.1. The van der Waals surface area contributed by atoms with Gasteiger partial charge in [0.1, 0.15) is 0 Å². The van der Waals surface area contributed by atoms with Crippen molar-refractivity contribution in [2.45, 2.75) is 12.8 Å². The zero-order chi connectivity index (χ0) is 17.6. The second-order valence-electron chi connectivity index (χ2n) is 5.67. The number of hydrogen-bond donors (Lipinski definition) is 3. The van der Waals surface area contributed by atoms with E-state index in [-0.39, 0.29) is 11.9 Å². The summed E-state index contributed by atoms with van der Waals surface area (Å²) in [5.74, 6) is -0.105. The summed E-state index contributed by atoms with van der Waals surface area (Å²) < 4.78 is 4.49. The monoisotopic (exact) mass is 338 g/mol. The van der Waals surface area contributed by atoms with Gasteiger partial charge in [0, 0.05) is 17.8 Å². The highest BCUT2D eigenvalue weighted by molar-refractivity contribution is 5.89. The Hall–Kier alpha value is -3.35. The molecule has 0 saturated carbocycles. The van der Waals surface area contributed by atoms with E-state index >= 15 is 0 Å². The first kappa shape index (κ1) is 16.5. The van der Waals surface area contributed by atoms with E-state index in [1.165, 1.54) is 5.56 Å². The van der Waals surface area contributed by atoms with Crippen molar-refractivity contribution in [1.29, 1.82) is 0 Å². The lowest BCUT2D eigenvalue weighted by Crippen LogP contribution is -2.31. The molecule has 0 aliphatic carbocycles. The van der Waals surface area contributed by atoms with Crippen LogP contribution in [0.5, 0.6) is 0 Å². The molecule has 25 heavy (non-hydrogen) atoms. The van der Waals surface area contributed by atoms with Crippen LogP contribution in [0.4, 0.5) is 10.5 Å². The van der Waals surface area contributed by atoms with Crippen molar-refractivity contribution in [3.8, 4) is 11.4 Å². The predicted octanol–water partition coefficient (Wildman–Crippen LogP) is 2.96. The molecule has 3 N–H and O–H groups in total. The number of rotatable bonds is 5. The molecule has 2 aromatic carbocycles. The smallest absolute Gasteiger partial charge is 0.337 e. The largest absolute Gasteiger partial charge is 0.439 e. The fourth-order valence-corrected chi connectivity index (χ4v) is 2.42. The van der Waals surface area contributed by atoms with E-state index in [4.69, 9.17) is 0 Å². The SMILES string of the molecule is C[C@H](CNC(=O)Nc1cccc(-c2noc(=O)[nH]2)c1)c1ccccc1. The fraction of sp³-hybridized carbons (Fsp3) is 0.167. The van der Waals surface area contributed by atoms with Crippen LogP contribution < -0.4 is 16.4 Å². The Morgan fingerprint density at radius 1 is 1.20 bits per heavy atom. The molecule has 0 spiro atoms. The van der Waals surface area contributed by atoms with Gasteiger partial charge in [0.2, 0.25) is 0 Å². The summed E-state index contributed by atoms with van der Waals surface area (Å²) >= 11 is 0. The van der Waals surface area contributed by atoms with E-state index in [9.17, 15) is 9.59 Å². The van der Waals surface area contributed by atoms with Crippen LogP contribution in [0.25, 0.3) is 11.4 Å². The van der Waals surface area contributed by atoms with E-state index in [1.807, 2.05) is 30.3 Å². The minimum Gasteiger partial charge on any atom is -0.337 e. The summed E-state index contributed by atoms with van der Waals surface area (Å²) in [5, 5.41) is 9.24. The fourth-order valence-electron chi connectivity index (χ4n) is 2.42. The minimum absolute atomic E-state index is 0.207. The summed E-state index contributed by atoms with van der Waals surface area (Å²) in [7, 11) is 0. The van der Waals surface area contributed by atoms with E-state index in [1.54, 1.807) is 24.3 Å². The molecule has 0 fully saturated rings. The van der Waals surface area contributed by atoms with Crippen molar-refractivity contribution in [3.63, 3.8) is 0 Å². The average molecular weight is 338 g/mol. The zero-order valence-electron chi connectivity index (χ0n) is 13.7. The lowest BCUT2D eigenvalue weighted by molar-refractivity contribution is 0.251. The summed E-state index contributed by atoms with van der Waals surface area (Å²) in [5.41, 5.74) is 2.40. The number of nitrogens with one attached hydrogen (secondary N) is 3. The molecular weight excluding hydrogens is 320 g/mol. The summed E-state index contributed by atoms with van der Waals surface area (Å²) in [6.45, 7) is 2.57. The van der Waals surface area contributed by atoms with Gasteiger partial charge in [-0.25, -0.2) is 9.59 Å². The number of anilines is 1. The Bertz CT molecular complexity index is 902. The Morgan fingerprint density at radius 2 is 2.00 bits per heavy atom. The van der Waals surface area contributed by atoms with Gasteiger partial charge in [-0.15, -0.1) is 0 Å². The van der Waals surface area contributed by atoms with Gasteiger partial charge in [0.15, 0.2) is 5.82 Å². The van der Waals surface area contributed by atoms with Crippen LogP contribution in [0.1, 0.15) is 18.4 Å². The highest BCUT2D eigenvalue weighted by Crippen LogP contribution is 2.18. The first-order valence-corrected chi connectivity index (χ1v) is 7.88. The molecule has 7 heteroatoms. The molecular formula is C18H18N4O3. The van der Waals surface area contributed by atoms with Crippen LogP contribution in [0, 0.1) is 0 Å². The molecule has 1 atom stereocenters. The number of H-pyrrole nitrogens is 1. The summed E-state index contributed by atoms with van der Waals surface area (Å²) in [6, 6.07) is 16.7. The minimum atomic E-state index is -0.624. The van der Waals surface area contributed by atoms with Crippen molar-refractivity contribution in [1.82, 2.24) is 15.5 Å². The third-order valence-electron chi connectivity index (χ3n) is 3.77. The Kier molecular flexibility index (Phi) is 4.94. The number of amides is 2. The molecule has 3 aromatic rings. The Morgan fingerprint density at radius 3 is 2.72 bits per heavy atom. The summed E-state index contributed by atoms with van der Waals surface area (Å²) in [6.07, 6.45) is 0. The van der Waals surface area contributed by atoms with E-state index in [2.05, 4.69) is 32.2 Å². The number of carbonyl (C=O) groups excluding carboxylic acids is 1. The van der Waals surface area contributed by atoms with E-state index in [0.717, 1.165) is 0 Å². The third-order valence-corrected chi connectivity index (χ3v) is 3.77. The van der Waals surface area contributed by atoms with Gasteiger partial charge in [-0.05, 0) is 23.6 Å². The maximum atomic E-state index is 12.1. The molecule has 0 saturated heterocycles. The number of nitrogens with zero attached hydrogens (tertiary/aromatic N) is 1. The van der Waals surface area contributed by atoms with Crippen molar-refractivity contribution >= 4 is 11.7 Å². The first-order chi connectivity index (χ1) is 12.1. The van der Waals surface area contributed by atoms with Gasteiger partial charge in [-0.1, -0.05) is 54.5 Å². The standard InChI is InChI=1S/C18H18N4O3/c1-12(13-6-3-2-4-7-13)11-19-17(23)20-15-9-5-8-14(10-15)16-21-18(24)25-22-16/h2-10,12H,11H2,1H3,(H2,19,20,23)(H,21,22,24)/t12-/m1/s1. The molecule has 0 aliphatic rings. The second-order valence-corrected chi connectivity index (χ2v) is 5.67. The van der Waals surface area contributed by atoms with Crippen LogP contribution >= 0.6 is 0 Å². The van der Waals surface area contributed by atoms with Gasteiger partial charge in [-0.2, -0.15) is 0 Å². The van der Waals surface area contributed by atoms with Gasteiger partial charge < -0.3 is 10.6 Å². The Balaban J connectivity index is 1.59. The maximum Gasteiger partial charge on any atom is 0.439 e. The molecule has 7 nitrogen and oxygen atoms in total. The van der Waals surface area contributed by atoms with Gasteiger partial charge in [0.05, 0.1) is 0 Å². The number of aromatic amines is 1. The molecule has 128 valence electrons. The Labute approximate surface area is 144 Å². The zero-order valence-corrected chi connectivity index (χ0v) is 13.7. The average Bonchev–Trinajstić information content (AvgIpc) is 3.07. The van der Waals surface area contributed by atoms with Crippen molar-refractivity contribution in [2.75, 3.05) is 11.9 Å². The predicted molar refractivity (Wildman–Crippen MR) is 94.4 cm³/mol. The number of hydrogen-bond acceptors (Lipinski definition) is 4. The van der Waals surface area contributed by atoms with E-state index < -0.39 is 5.76 Å². The lowest BCUT2D eigenvalue weighted by atomic mass is 10.0. The van der Waals surface area contributed by atoms with Crippen molar-refractivity contribution in [2.24, 2.45) is 0 Å². The molecule has 1 heterocycles. The first-order valence-electron chi connectivity index (χ1n) is 7.88. The molecule has 0 aliphatic heterocycles. The number of urea groups is 1.